The van der Waals surface area contributed by atoms with E-state index in [1.165, 1.54) is 289 Å². The van der Waals surface area contributed by atoms with Crippen LogP contribution in [-0.2, 0) is 28.0 Å². The van der Waals surface area contributed by atoms with E-state index in [-0.39, 0.29) is 0 Å². The van der Waals surface area contributed by atoms with Crippen LogP contribution in [0.1, 0.15) is 367 Å². The first-order chi connectivity index (χ1) is 38.8. The van der Waals surface area contributed by atoms with Crippen LogP contribution in [0.25, 0.3) is 0 Å². The molecule has 13 heteroatoms. The second kappa shape index (κ2) is 65.3. The number of unbranched alkanes of at least 4 members (excludes halogenated alkanes) is 51. The van der Waals surface area contributed by atoms with Gasteiger partial charge in [0.05, 0.1) is 0 Å². The lowest BCUT2D eigenvalue weighted by Crippen LogP contribution is -2.25. The maximum Gasteiger partial charge on any atom is 0.537 e. The molecular formula is C66H129O9PS3. The van der Waals surface area contributed by atoms with Crippen molar-refractivity contribution >= 4 is 61.8 Å². The Labute approximate surface area is 503 Å². The van der Waals surface area contributed by atoms with Gasteiger partial charge in [0.2, 0.25) is 0 Å². The number of hydrogen-bond acceptors (Lipinski definition) is 12. The average molecular weight is 1190 g/mol. The van der Waals surface area contributed by atoms with Crippen LogP contribution in [0.5, 0.6) is 0 Å². The third-order valence-electron chi connectivity index (χ3n) is 15.4. The van der Waals surface area contributed by atoms with Gasteiger partial charge in [-0.15, -0.1) is 35.3 Å². The molecule has 0 heterocycles. The van der Waals surface area contributed by atoms with Crippen molar-refractivity contribution in [2.24, 2.45) is 0 Å². The SMILES string of the molecule is CCCCCCCCCCCCCCCCCCCCSC(O)C(=O)OP(OC(=O)C(O)SCCCCCCCCCCCCCCCCCCCC)OC(=O)C(O)SCCCCCCCCCCCCCCCCCCCC. The van der Waals surface area contributed by atoms with Gasteiger partial charge in [-0.1, -0.05) is 348 Å². The Morgan fingerprint density at radius 2 is 0.380 bits per heavy atom. The number of rotatable bonds is 66. The largest absolute Gasteiger partial charge is 0.537 e. The molecule has 0 aliphatic heterocycles. The summed E-state index contributed by atoms with van der Waals surface area (Å²) in [7, 11) is -2.97. The lowest BCUT2D eigenvalue weighted by molar-refractivity contribution is -0.148. The van der Waals surface area contributed by atoms with Gasteiger partial charge in [-0.05, 0) is 36.5 Å². The molecule has 470 valence electrons. The monoisotopic (exact) mass is 1190 g/mol. The van der Waals surface area contributed by atoms with Crippen LogP contribution in [0, 0.1) is 0 Å². The maximum atomic E-state index is 13.0. The minimum absolute atomic E-state index is 0.538. The van der Waals surface area contributed by atoms with Gasteiger partial charge in [0.15, 0.2) is 16.3 Å². The van der Waals surface area contributed by atoms with Crippen molar-refractivity contribution in [3.63, 3.8) is 0 Å². The minimum Gasteiger partial charge on any atom is -0.372 e. The Morgan fingerprint density at radius 1 is 0.253 bits per heavy atom. The van der Waals surface area contributed by atoms with Gasteiger partial charge in [0.25, 0.3) is 0 Å². The van der Waals surface area contributed by atoms with E-state index >= 15 is 0 Å². The molecule has 9 nitrogen and oxygen atoms in total. The Kier molecular flexibility index (Phi) is 65.1. The van der Waals surface area contributed by atoms with Crippen molar-refractivity contribution in [3.8, 4) is 0 Å². The second-order valence-electron chi connectivity index (χ2n) is 23.2. The fourth-order valence-electron chi connectivity index (χ4n) is 10.2. The maximum absolute atomic E-state index is 13.0. The first kappa shape index (κ1) is 78.8. The predicted octanol–water partition coefficient (Wildman–Crippen LogP) is 22.1. The standard InChI is InChI=1S/C66H129O9PS3/c1-4-7-10-13-16-19-22-25-28-31-34-37-40-43-46-49-52-55-58-77-64(70)61(67)73-76(74-62(68)65(71)78-59-56-53-50-47-44-41-38-35-32-29-26-23-20-17-14-11-8-5-2)75-63(69)66(72)79-60-57-54-51-48-45-42-39-36-33-30-27-24-21-18-15-12-9-6-3/h64-66,70-72H,4-60H2,1-3H3. The quantitative estimate of drug-likeness (QED) is 0.0303. The van der Waals surface area contributed by atoms with Crippen molar-refractivity contribution in [3.05, 3.63) is 0 Å². The van der Waals surface area contributed by atoms with Gasteiger partial charge >= 0.3 is 26.5 Å². The summed E-state index contributed by atoms with van der Waals surface area (Å²) < 4.78 is 15.8. The summed E-state index contributed by atoms with van der Waals surface area (Å²) in [6, 6.07) is 0. The van der Waals surface area contributed by atoms with Gasteiger partial charge in [-0.2, -0.15) is 0 Å². The molecule has 3 unspecified atom stereocenters. The molecule has 0 aromatic heterocycles. The molecule has 0 fully saturated rings. The normalized spacial score (nSPS) is 13.1. The molecule has 0 aliphatic rings. The Hall–Kier alpha value is -0.230. The Morgan fingerprint density at radius 3 is 0.519 bits per heavy atom. The van der Waals surface area contributed by atoms with Crippen LogP contribution >= 0.6 is 43.9 Å². The van der Waals surface area contributed by atoms with Crippen LogP contribution in [0.3, 0.4) is 0 Å². The summed E-state index contributed by atoms with van der Waals surface area (Å²) >= 11 is 3.08. The van der Waals surface area contributed by atoms with E-state index in [4.69, 9.17) is 13.6 Å². The molecule has 0 saturated carbocycles. The summed E-state index contributed by atoms with van der Waals surface area (Å²) in [6.45, 7) is 6.82. The minimum atomic E-state index is -2.97. The molecule has 3 atom stereocenters. The van der Waals surface area contributed by atoms with E-state index in [1.807, 2.05) is 0 Å². The number of aliphatic hydroxyl groups excluding tert-OH is 3. The highest BCUT2D eigenvalue weighted by atomic mass is 32.2. The molecule has 0 aromatic carbocycles. The highest BCUT2D eigenvalue weighted by Gasteiger charge is 2.35. The summed E-state index contributed by atoms with van der Waals surface area (Å²) in [4.78, 5) is 39.0. The lowest BCUT2D eigenvalue weighted by Gasteiger charge is -2.19. The van der Waals surface area contributed by atoms with Crippen molar-refractivity contribution in [1.29, 1.82) is 0 Å². The zero-order chi connectivity index (χ0) is 57.6. The number of carbonyl (C=O) groups excluding carboxylic acids is 3. The summed E-state index contributed by atoms with van der Waals surface area (Å²) in [5.41, 5.74) is -4.71. The molecular weight excluding hydrogens is 1060 g/mol. The van der Waals surface area contributed by atoms with E-state index in [9.17, 15) is 29.7 Å². The van der Waals surface area contributed by atoms with Gasteiger partial charge in [-0.3, -0.25) is 0 Å². The first-order valence-electron chi connectivity index (χ1n) is 34.1. The Bertz CT molecular complexity index is 1120. The average Bonchev–Trinajstić information content (AvgIpc) is 3.44. The van der Waals surface area contributed by atoms with Gasteiger partial charge in [0.1, 0.15) is 0 Å². The van der Waals surface area contributed by atoms with Crippen LogP contribution in [0.15, 0.2) is 0 Å². The number of thioether (sulfide) groups is 3. The summed E-state index contributed by atoms with van der Waals surface area (Å²) in [5, 5.41) is 32.0. The van der Waals surface area contributed by atoms with E-state index in [0.29, 0.717) is 17.3 Å². The molecule has 0 saturated heterocycles. The molecule has 0 aliphatic carbocycles. The van der Waals surface area contributed by atoms with Gasteiger partial charge in [-0.25, -0.2) is 14.4 Å². The molecule has 79 heavy (non-hydrogen) atoms. The van der Waals surface area contributed by atoms with Crippen molar-refractivity contribution in [2.45, 2.75) is 384 Å². The third kappa shape index (κ3) is 59.3. The number of carbonyl (C=O) groups is 3. The highest BCUT2D eigenvalue weighted by Crippen LogP contribution is 2.43. The van der Waals surface area contributed by atoms with Crippen LogP contribution in [-0.4, -0.2) is 66.8 Å². The highest BCUT2D eigenvalue weighted by molar-refractivity contribution is 8.00. The zero-order valence-electron chi connectivity index (χ0n) is 52.0. The fraction of sp³-hybridized carbons (Fsp3) is 0.955. The Balaban J connectivity index is 4.56. The molecule has 0 aromatic rings. The molecule has 3 N–H and O–H groups in total. The molecule has 0 rings (SSSR count). The molecule has 0 amide bonds. The molecule has 0 spiro atoms. The van der Waals surface area contributed by atoms with Crippen molar-refractivity contribution in [2.75, 3.05) is 17.3 Å². The van der Waals surface area contributed by atoms with Gasteiger partial charge < -0.3 is 28.9 Å². The molecule has 0 radical (unpaired) electrons. The van der Waals surface area contributed by atoms with E-state index < -0.39 is 42.8 Å². The number of hydrogen-bond donors (Lipinski definition) is 3. The second-order valence-corrected chi connectivity index (χ2v) is 27.7. The smallest absolute Gasteiger partial charge is 0.372 e. The van der Waals surface area contributed by atoms with Crippen molar-refractivity contribution in [1.82, 2.24) is 0 Å². The third-order valence-corrected chi connectivity index (χ3v) is 19.5. The first-order valence-corrected chi connectivity index (χ1v) is 38.3. The number of aliphatic hydroxyl groups is 3. The van der Waals surface area contributed by atoms with Crippen LogP contribution in [0.4, 0.5) is 0 Å². The summed E-state index contributed by atoms with van der Waals surface area (Å²) in [6.07, 6.45) is 69.2. The predicted molar refractivity (Wildman–Crippen MR) is 347 cm³/mol. The van der Waals surface area contributed by atoms with E-state index in [2.05, 4.69) is 20.8 Å². The van der Waals surface area contributed by atoms with E-state index in [0.717, 1.165) is 93.1 Å². The van der Waals surface area contributed by atoms with Crippen LogP contribution in [0.2, 0.25) is 0 Å². The summed E-state index contributed by atoms with van der Waals surface area (Å²) in [5.74, 6) is -1.68. The zero-order valence-corrected chi connectivity index (χ0v) is 55.3. The fourth-order valence-corrected chi connectivity index (χ4v) is 13.6. The topological polar surface area (TPSA) is 140 Å². The van der Waals surface area contributed by atoms with Crippen molar-refractivity contribution < 1.29 is 43.3 Å². The van der Waals surface area contributed by atoms with Crippen LogP contribution < -0.4 is 0 Å². The molecule has 0 bridgehead atoms. The lowest BCUT2D eigenvalue weighted by atomic mass is 10.0. The van der Waals surface area contributed by atoms with Gasteiger partial charge in [0, 0.05) is 0 Å². The van der Waals surface area contributed by atoms with E-state index in [1.54, 1.807) is 0 Å².